The second-order valence-electron chi connectivity index (χ2n) is 5.88. The van der Waals surface area contributed by atoms with Crippen molar-refractivity contribution in [2.24, 2.45) is 0 Å². The molecule has 1 aliphatic rings. The zero-order valence-electron chi connectivity index (χ0n) is 14.0. The van der Waals surface area contributed by atoms with Crippen molar-refractivity contribution in [2.45, 2.75) is 39.2 Å². The average molecular weight is 319 g/mol. The van der Waals surface area contributed by atoms with Crippen molar-refractivity contribution in [3.05, 3.63) is 18.2 Å². The van der Waals surface area contributed by atoms with Gasteiger partial charge in [-0.2, -0.15) is 0 Å². The van der Waals surface area contributed by atoms with Gasteiger partial charge in [-0.25, -0.2) is 0 Å². The fourth-order valence-electron chi connectivity index (χ4n) is 2.87. The Labute approximate surface area is 137 Å². The van der Waals surface area contributed by atoms with Crippen LogP contribution in [-0.2, 0) is 9.59 Å². The van der Waals surface area contributed by atoms with Crippen molar-refractivity contribution in [3.8, 4) is 5.75 Å². The molecule has 23 heavy (non-hydrogen) atoms. The predicted molar refractivity (Wildman–Crippen MR) is 90.8 cm³/mol. The maximum absolute atomic E-state index is 12.4. The van der Waals surface area contributed by atoms with E-state index in [0.29, 0.717) is 23.2 Å². The minimum Gasteiger partial charge on any atom is -0.495 e. The van der Waals surface area contributed by atoms with E-state index in [1.165, 1.54) is 13.3 Å². The first-order chi connectivity index (χ1) is 11.0. The summed E-state index contributed by atoms with van der Waals surface area (Å²) < 4.78 is 5.30. The molecule has 0 saturated carbocycles. The van der Waals surface area contributed by atoms with E-state index >= 15 is 0 Å². The number of methoxy groups -OCH3 is 1. The molecule has 6 nitrogen and oxygen atoms in total. The SMILES string of the molecule is COc1ccc(NC(C)=O)cc1NCC(=O)N1CCCCC1C. The number of anilines is 2. The maximum atomic E-state index is 12.4. The summed E-state index contributed by atoms with van der Waals surface area (Å²) in [7, 11) is 1.58. The molecule has 1 unspecified atom stereocenters. The molecule has 1 atom stereocenters. The number of rotatable bonds is 5. The van der Waals surface area contributed by atoms with Crippen LogP contribution in [0.4, 0.5) is 11.4 Å². The third-order valence-electron chi connectivity index (χ3n) is 4.07. The van der Waals surface area contributed by atoms with E-state index in [2.05, 4.69) is 17.6 Å². The van der Waals surface area contributed by atoms with Crippen LogP contribution in [0.3, 0.4) is 0 Å². The molecule has 1 aliphatic heterocycles. The number of likely N-dealkylation sites (tertiary alicyclic amines) is 1. The summed E-state index contributed by atoms with van der Waals surface area (Å²) in [6.45, 7) is 4.59. The molecule has 0 aliphatic carbocycles. The van der Waals surface area contributed by atoms with Crippen molar-refractivity contribution in [1.29, 1.82) is 0 Å². The van der Waals surface area contributed by atoms with Gasteiger partial charge < -0.3 is 20.3 Å². The zero-order chi connectivity index (χ0) is 16.8. The third-order valence-corrected chi connectivity index (χ3v) is 4.07. The Balaban J connectivity index is 2.03. The summed E-state index contributed by atoms with van der Waals surface area (Å²) >= 11 is 0. The second-order valence-corrected chi connectivity index (χ2v) is 5.88. The van der Waals surface area contributed by atoms with Crippen LogP contribution in [-0.4, -0.2) is 43.0 Å². The van der Waals surface area contributed by atoms with E-state index in [1.54, 1.807) is 25.3 Å². The predicted octanol–water partition coefficient (Wildman–Crippen LogP) is 2.47. The molecule has 2 amide bonds. The summed E-state index contributed by atoms with van der Waals surface area (Å²) in [6.07, 6.45) is 3.31. The number of carbonyl (C=O) groups is 2. The molecular weight excluding hydrogens is 294 g/mol. The third kappa shape index (κ3) is 4.61. The highest BCUT2D eigenvalue weighted by Crippen LogP contribution is 2.28. The van der Waals surface area contributed by atoms with Gasteiger partial charge in [0, 0.05) is 25.2 Å². The molecule has 1 aromatic rings. The van der Waals surface area contributed by atoms with Gasteiger partial charge in [0.2, 0.25) is 11.8 Å². The van der Waals surface area contributed by atoms with Gasteiger partial charge in [0.1, 0.15) is 5.75 Å². The van der Waals surface area contributed by atoms with Gasteiger partial charge in [-0.05, 0) is 44.4 Å². The summed E-state index contributed by atoms with van der Waals surface area (Å²) in [6, 6.07) is 5.60. The Morgan fingerprint density at radius 2 is 2.13 bits per heavy atom. The van der Waals surface area contributed by atoms with Gasteiger partial charge in [-0.3, -0.25) is 9.59 Å². The number of nitrogens with one attached hydrogen (secondary N) is 2. The van der Waals surface area contributed by atoms with Gasteiger partial charge >= 0.3 is 0 Å². The van der Waals surface area contributed by atoms with Crippen molar-refractivity contribution in [3.63, 3.8) is 0 Å². The molecule has 0 spiro atoms. The molecule has 2 N–H and O–H groups in total. The topological polar surface area (TPSA) is 70.7 Å². The molecule has 1 heterocycles. The van der Waals surface area contributed by atoms with E-state index in [4.69, 9.17) is 4.74 Å². The average Bonchev–Trinajstić information content (AvgIpc) is 2.52. The van der Waals surface area contributed by atoms with E-state index in [1.807, 2.05) is 4.90 Å². The van der Waals surface area contributed by atoms with Crippen molar-refractivity contribution >= 4 is 23.2 Å². The zero-order valence-corrected chi connectivity index (χ0v) is 14.0. The van der Waals surface area contributed by atoms with Crippen molar-refractivity contribution < 1.29 is 14.3 Å². The molecular formula is C17H25N3O3. The standard InChI is InChI=1S/C17H25N3O3/c1-12-6-4-5-9-20(12)17(22)11-18-15-10-14(19-13(2)21)7-8-16(15)23-3/h7-8,10,12,18H,4-6,9,11H2,1-3H3,(H,19,21). The highest BCUT2D eigenvalue weighted by Gasteiger charge is 2.22. The van der Waals surface area contributed by atoms with Gasteiger partial charge in [0.05, 0.1) is 19.3 Å². The first-order valence-corrected chi connectivity index (χ1v) is 8.00. The molecule has 126 valence electrons. The first kappa shape index (κ1) is 17.1. The molecule has 0 bridgehead atoms. The molecule has 1 aromatic carbocycles. The highest BCUT2D eigenvalue weighted by atomic mass is 16.5. The molecule has 0 radical (unpaired) electrons. The lowest BCUT2D eigenvalue weighted by molar-refractivity contribution is -0.132. The van der Waals surface area contributed by atoms with Gasteiger partial charge in [0.25, 0.3) is 0 Å². The number of ether oxygens (including phenoxy) is 1. The lowest BCUT2D eigenvalue weighted by Gasteiger charge is -2.33. The number of benzene rings is 1. The minimum atomic E-state index is -0.140. The van der Waals surface area contributed by atoms with Gasteiger partial charge in [-0.1, -0.05) is 0 Å². The largest absolute Gasteiger partial charge is 0.495 e. The number of amides is 2. The Hall–Kier alpha value is -2.24. The normalized spacial score (nSPS) is 17.5. The smallest absolute Gasteiger partial charge is 0.242 e. The second kappa shape index (κ2) is 7.85. The van der Waals surface area contributed by atoms with Gasteiger partial charge in [0.15, 0.2) is 0 Å². The number of nitrogens with zero attached hydrogens (tertiary/aromatic N) is 1. The van der Waals surface area contributed by atoms with E-state index in [-0.39, 0.29) is 18.4 Å². The number of piperidine rings is 1. The quantitative estimate of drug-likeness (QED) is 0.874. The molecule has 2 rings (SSSR count). The van der Waals surface area contributed by atoms with E-state index < -0.39 is 0 Å². The van der Waals surface area contributed by atoms with Crippen LogP contribution in [0.2, 0.25) is 0 Å². The van der Waals surface area contributed by atoms with Gasteiger partial charge in [-0.15, -0.1) is 0 Å². The monoisotopic (exact) mass is 319 g/mol. The maximum Gasteiger partial charge on any atom is 0.242 e. The molecule has 6 heteroatoms. The lowest BCUT2D eigenvalue weighted by atomic mass is 10.0. The molecule has 0 aromatic heterocycles. The Morgan fingerprint density at radius 3 is 2.78 bits per heavy atom. The van der Waals surface area contributed by atoms with Crippen molar-refractivity contribution in [1.82, 2.24) is 4.90 Å². The Bertz CT molecular complexity index is 574. The lowest BCUT2D eigenvalue weighted by Crippen LogP contribution is -2.44. The van der Waals surface area contributed by atoms with Crippen LogP contribution in [0.15, 0.2) is 18.2 Å². The van der Waals surface area contributed by atoms with Crippen LogP contribution in [0.25, 0.3) is 0 Å². The fourth-order valence-corrected chi connectivity index (χ4v) is 2.87. The van der Waals surface area contributed by atoms with Crippen LogP contribution < -0.4 is 15.4 Å². The number of hydrogen-bond donors (Lipinski definition) is 2. The summed E-state index contributed by atoms with van der Waals surface area (Å²) in [4.78, 5) is 25.5. The highest BCUT2D eigenvalue weighted by molar-refractivity contribution is 5.90. The van der Waals surface area contributed by atoms with Crippen molar-refractivity contribution in [2.75, 3.05) is 30.8 Å². The van der Waals surface area contributed by atoms with Crippen LogP contribution in [0.5, 0.6) is 5.75 Å². The summed E-state index contributed by atoms with van der Waals surface area (Å²) in [5.41, 5.74) is 1.36. The van der Waals surface area contributed by atoms with Crippen LogP contribution >= 0.6 is 0 Å². The van der Waals surface area contributed by atoms with Crippen LogP contribution in [0.1, 0.15) is 33.1 Å². The van der Waals surface area contributed by atoms with E-state index in [9.17, 15) is 9.59 Å². The Kier molecular flexibility index (Phi) is 5.84. The number of carbonyl (C=O) groups excluding carboxylic acids is 2. The first-order valence-electron chi connectivity index (χ1n) is 8.00. The molecule has 1 fully saturated rings. The van der Waals surface area contributed by atoms with Crippen LogP contribution in [0, 0.1) is 0 Å². The molecule has 1 saturated heterocycles. The number of hydrogen-bond acceptors (Lipinski definition) is 4. The van der Waals surface area contributed by atoms with E-state index in [0.717, 1.165) is 19.4 Å². The fraction of sp³-hybridized carbons (Fsp3) is 0.529. The summed E-state index contributed by atoms with van der Waals surface area (Å²) in [5.74, 6) is 0.585. The summed E-state index contributed by atoms with van der Waals surface area (Å²) in [5, 5.41) is 5.85. The minimum absolute atomic E-state index is 0.0872. The Morgan fingerprint density at radius 1 is 1.35 bits per heavy atom.